The number of allylic oxidation sites excluding steroid dienone is 11. The summed E-state index contributed by atoms with van der Waals surface area (Å²) in [5.41, 5.74) is 32.2. The number of hydrogen-bond acceptors (Lipinski definition) is 1. The first-order chi connectivity index (χ1) is 37.8. The summed E-state index contributed by atoms with van der Waals surface area (Å²) >= 11 is 5.25. The van der Waals surface area contributed by atoms with Gasteiger partial charge in [0.05, 0.1) is 5.41 Å². The molecule has 4 unspecified atom stereocenters. The van der Waals surface area contributed by atoms with Crippen molar-refractivity contribution < 1.29 is 0 Å². The van der Waals surface area contributed by atoms with E-state index in [0.29, 0.717) is 5.92 Å². The largest absolute Gasteiger partial charge is 0.143 e. The van der Waals surface area contributed by atoms with Gasteiger partial charge in [-0.1, -0.05) is 242 Å². The maximum Gasteiger partial charge on any atom is 0.0535 e. The molecule has 3 aliphatic rings. The Bertz CT molecular complexity index is 3490. The van der Waals surface area contributed by atoms with Crippen LogP contribution in [0.4, 0.5) is 0 Å². The molecule has 79 heavy (non-hydrogen) atoms. The smallest absolute Gasteiger partial charge is 0.0535 e. The first-order valence-electron chi connectivity index (χ1n) is 29.2. The molecule has 0 saturated heterocycles. The summed E-state index contributed by atoms with van der Waals surface area (Å²) in [5.74, 6) is 0.604. The zero-order chi connectivity index (χ0) is 56.0. The topological polar surface area (TPSA) is 0 Å². The third-order valence-corrected chi connectivity index (χ3v) is 18.2. The van der Waals surface area contributed by atoms with E-state index in [1.807, 2.05) is 27.7 Å². The highest BCUT2D eigenvalue weighted by atomic mass is 32.1. The molecule has 0 nitrogen and oxygen atoms in total. The second-order valence-electron chi connectivity index (χ2n) is 21.8. The van der Waals surface area contributed by atoms with Crippen LogP contribution in [-0.2, 0) is 11.8 Å². The van der Waals surface area contributed by atoms with Crippen LogP contribution in [0.25, 0.3) is 33.4 Å². The summed E-state index contributed by atoms with van der Waals surface area (Å²) in [5, 5.41) is 0. The van der Waals surface area contributed by atoms with Gasteiger partial charge in [0.1, 0.15) is 0 Å². The Hall–Kier alpha value is -6.67. The molecule has 1 heteroatoms. The van der Waals surface area contributed by atoms with Gasteiger partial charge in [-0.15, -0.1) is 12.6 Å². The highest BCUT2D eigenvalue weighted by molar-refractivity contribution is 7.84. The van der Waals surface area contributed by atoms with Crippen molar-refractivity contribution in [3.05, 3.63) is 281 Å². The normalized spacial score (nSPS) is 18.0. The monoisotopic (exact) mass is 1060 g/mol. The Balaban J connectivity index is 0.00000177. The lowest BCUT2D eigenvalue weighted by Gasteiger charge is -2.46. The summed E-state index contributed by atoms with van der Waals surface area (Å²) in [7, 11) is 0. The van der Waals surface area contributed by atoms with Crippen LogP contribution in [-0.4, -0.2) is 0 Å². The second-order valence-corrected chi connectivity index (χ2v) is 22.3. The van der Waals surface area contributed by atoms with Gasteiger partial charge in [0, 0.05) is 16.7 Å². The molecule has 4 atom stereocenters. The van der Waals surface area contributed by atoms with Crippen LogP contribution in [0.2, 0.25) is 0 Å². The molecule has 0 bridgehead atoms. The molecule has 0 amide bonds. The van der Waals surface area contributed by atoms with Crippen LogP contribution >= 0.6 is 12.6 Å². The van der Waals surface area contributed by atoms with Crippen LogP contribution in [0, 0.1) is 53.4 Å². The molecule has 3 aliphatic carbocycles. The summed E-state index contributed by atoms with van der Waals surface area (Å²) in [4.78, 5) is 1.10. The van der Waals surface area contributed by atoms with Crippen molar-refractivity contribution in [2.45, 2.75) is 148 Å². The second kappa shape index (κ2) is 26.1. The van der Waals surface area contributed by atoms with E-state index in [0.717, 1.165) is 30.6 Å². The summed E-state index contributed by atoms with van der Waals surface area (Å²) in [6.45, 7) is 33.4. The number of rotatable bonds is 12. The molecule has 7 aromatic carbocycles. The Kier molecular flexibility index (Phi) is 19.8. The molecule has 0 heterocycles. The standard InChI is InChI=1S/C73H74S.2C2H6.CH4/c1-12-20-54(21-13-2)56-28-34-59(35-29-56)71(60-36-30-57(31-37-60)55-22-15-14-16-23-55)61-38-32-58(33-39-61)64-26-18-17-24-62(64)43-63-25-19-27-65-72(63)70-47(5)40-45(3)41-68(70)73(65,66-42-46(4)48(6)49(7)51(66)9)67-44-69(74)53(11)50(8)52(67)10;2*1-2;/h12,14-28,30-34,36-42,44,52,67,71,74H,13,29,35,43H2,1-11H3;2*1-2H3;1H4/b20-12-,54-21+;;;. The van der Waals surface area contributed by atoms with Crippen LogP contribution in [0.5, 0.6) is 0 Å². The van der Waals surface area contributed by atoms with E-state index in [1.165, 1.54) is 134 Å². The third-order valence-electron chi connectivity index (χ3n) is 17.7. The predicted octanol–water partition coefficient (Wildman–Crippen LogP) is 22.6. The molecule has 7 aromatic rings. The minimum absolute atomic E-state index is 0. The van der Waals surface area contributed by atoms with Gasteiger partial charge < -0.3 is 0 Å². The minimum Gasteiger partial charge on any atom is -0.143 e. The Morgan fingerprint density at radius 3 is 1.86 bits per heavy atom. The van der Waals surface area contributed by atoms with Crippen molar-refractivity contribution in [1.82, 2.24) is 0 Å². The van der Waals surface area contributed by atoms with Crippen LogP contribution in [0.15, 0.2) is 209 Å². The highest BCUT2D eigenvalue weighted by Gasteiger charge is 2.54. The van der Waals surface area contributed by atoms with Crippen LogP contribution in [0.3, 0.4) is 0 Å². The SMILES string of the molecule is C.C/C=C\C(=C/CC)C1=CC=C(C(c2ccc(-c3ccccc3)cc2)c2ccc(-c3ccccc3Cc3cccc4c3-c3c(C)cc(C)cc3C4(c3cc(C)c(C)c(C)c3C)C3C=C(S)C(C)=C(C)C3C)cc2)CC1.CC.CC. The van der Waals surface area contributed by atoms with Crippen molar-refractivity contribution in [2.24, 2.45) is 11.8 Å². The average Bonchev–Trinajstić information content (AvgIpc) is 3.36. The van der Waals surface area contributed by atoms with Gasteiger partial charge in [0.15, 0.2) is 0 Å². The summed E-state index contributed by atoms with van der Waals surface area (Å²) in [6, 6.07) is 53.5. The molecule has 0 N–H and O–H groups in total. The molecule has 0 radical (unpaired) electrons. The van der Waals surface area contributed by atoms with Crippen molar-refractivity contribution in [3.8, 4) is 33.4 Å². The molecule has 0 aromatic heterocycles. The lowest BCUT2D eigenvalue weighted by molar-refractivity contribution is 0.356. The zero-order valence-corrected chi connectivity index (χ0v) is 50.6. The molecular formula is C78H90S. The predicted molar refractivity (Wildman–Crippen MR) is 351 cm³/mol. The zero-order valence-electron chi connectivity index (χ0n) is 49.8. The molecule has 0 saturated carbocycles. The quantitative estimate of drug-likeness (QED) is 0.0915. The van der Waals surface area contributed by atoms with Crippen molar-refractivity contribution in [2.75, 3.05) is 0 Å². The number of fused-ring (bicyclic) bond motifs is 3. The van der Waals surface area contributed by atoms with E-state index in [-0.39, 0.29) is 19.3 Å². The van der Waals surface area contributed by atoms with Gasteiger partial charge in [-0.2, -0.15) is 0 Å². The number of hydrogen-bond donors (Lipinski definition) is 1. The Morgan fingerprint density at radius 2 is 1.23 bits per heavy atom. The van der Waals surface area contributed by atoms with Crippen molar-refractivity contribution in [3.63, 3.8) is 0 Å². The van der Waals surface area contributed by atoms with Gasteiger partial charge >= 0.3 is 0 Å². The van der Waals surface area contributed by atoms with Gasteiger partial charge in [-0.25, -0.2) is 0 Å². The number of aryl methyl sites for hydroxylation is 3. The maximum absolute atomic E-state index is 5.25. The van der Waals surface area contributed by atoms with Gasteiger partial charge in [-0.3, -0.25) is 0 Å². The molecule has 10 rings (SSSR count). The molecule has 0 fully saturated rings. The first kappa shape index (κ1) is 60.0. The van der Waals surface area contributed by atoms with Crippen LogP contribution < -0.4 is 0 Å². The Morgan fingerprint density at radius 1 is 0.608 bits per heavy atom. The molecular weight excluding hydrogens is 969 g/mol. The highest BCUT2D eigenvalue weighted by Crippen LogP contribution is 2.63. The van der Waals surface area contributed by atoms with Gasteiger partial charge in [-0.05, 0) is 211 Å². The number of benzene rings is 7. The fraction of sp³-hybridized carbons (Fsp3) is 0.308. The summed E-state index contributed by atoms with van der Waals surface area (Å²) < 4.78 is 0. The van der Waals surface area contributed by atoms with E-state index in [9.17, 15) is 0 Å². The van der Waals surface area contributed by atoms with Crippen molar-refractivity contribution >= 4 is 12.6 Å². The lowest BCUT2D eigenvalue weighted by atomic mass is 9.57. The number of thiol groups is 1. The fourth-order valence-corrected chi connectivity index (χ4v) is 13.6. The molecule has 0 spiro atoms. The van der Waals surface area contributed by atoms with E-state index >= 15 is 0 Å². The van der Waals surface area contributed by atoms with Crippen LogP contribution in [0.1, 0.15) is 167 Å². The fourth-order valence-electron chi connectivity index (χ4n) is 13.3. The average molecular weight is 1060 g/mol. The van der Waals surface area contributed by atoms with Gasteiger partial charge in [0.25, 0.3) is 0 Å². The molecule has 408 valence electrons. The first-order valence-corrected chi connectivity index (χ1v) is 29.7. The van der Waals surface area contributed by atoms with E-state index in [1.54, 1.807) is 0 Å². The third kappa shape index (κ3) is 11.3. The molecule has 0 aliphatic heterocycles. The Labute approximate surface area is 484 Å². The lowest BCUT2D eigenvalue weighted by Crippen LogP contribution is -2.41. The summed E-state index contributed by atoms with van der Waals surface area (Å²) in [6.07, 6.45) is 18.0. The van der Waals surface area contributed by atoms with E-state index in [4.69, 9.17) is 12.6 Å². The van der Waals surface area contributed by atoms with E-state index < -0.39 is 5.41 Å². The van der Waals surface area contributed by atoms with Gasteiger partial charge in [0.2, 0.25) is 0 Å². The minimum atomic E-state index is -0.430. The maximum atomic E-state index is 5.25. The van der Waals surface area contributed by atoms with Crippen molar-refractivity contribution in [1.29, 1.82) is 0 Å². The van der Waals surface area contributed by atoms with E-state index in [2.05, 4.69) is 252 Å².